The number of anilines is 1. The lowest BCUT2D eigenvalue weighted by Crippen LogP contribution is -2.20. The number of nitrogens with one attached hydrogen (secondary N) is 1. The van der Waals surface area contributed by atoms with Crippen molar-refractivity contribution in [3.63, 3.8) is 0 Å². The van der Waals surface area contributed by atoms with Gasteiger partial charge in [-0.1, -0.05) is 17.4 Å². The van der Waals surface area contributed by atoms with Gasteiger partial charge in [0, 0.05) is 6.07 Å². The van der Waals surface area contributed by atoms with Gasteiger partial charge in [-0.05, 0) is 38.8 Å². The van der Waals surface area contributed by atoms with Crippen molar-refractivity contribution in [2.45, 2.75) is 27.7 Å². The molecule has 0 spiro atoms. The Morgan fingerprint density at radius 3 is 2.63 bits per heavy atom. The van der Waals surface area contributed by atoms with Gasteiger partial charge in [-0.15, -0.1) is 0 Å². The van der Waals surface area contributed by atoms with E-state index in [0.717, 1.165) is 16.9 Å². The van der Waals surface area contributed by atoms with Gasteiger partial charge in [0.05, 0.1) is 17.2 Å². The summed E-state index contributed by atoms with van der Waals surface area (Å²) in [4.78, 5) is 38.9. The van der Waals surface area contributed by atoms with Crippen LogP contribution < -0.4 is 10.1 Å². The zero-order valence-corrected chi connectivity index (χ0v) is 16.1. The fraction of sp³-hybridized carbons (Fsp3) is 0.353. The number of aromatic nitrogens is 1. The standard InChI is InChI=1S/C17H19N3O6S/c1-5-25-16(22)15-11(4)18-17(27-15)19-13(21)8-26-14-10(3)6-9(2)7-12(14)20(23)24/h6-7H,5,8H2,1-4H3,(H,18,19,21). The lowest BCUT2D eigenvalue weighted by Gasteiger charge is -2.10. The van der Waals surface area contributed by atoms with E-state index in [4.69, 9.17) is 9.47 Å². The number of esters is 1. The molecule has 1 aromatic carbocycles. The number of ether oxygens (including phenoxy) is 2. The van der Waals surface area contributed by atoms with Crippen molar-refractivity contribution in [2.24, 2.45) is 0 Å². The topological polar surface area (TPSA) is 121 Å². The van der Waals surface area contributed by atoms with Gasteiger partial charge in [0.15, 0.2) is 11.7 Å². The number of hydrogen-bond donors (Lipinski definition) is 1. The maximum Gasteiger partial charge on any atom is 0.350 e. The summed E-state index contributed by atoms with van der Waals surface area (Å²) in [7, 11) is 0. The molecule has 0 aliphatic rings. The molecule has 2 aromatic rings. The van der Waals surface area contributed by atoms with Gasteiger partial charge in [0.2, 0.25) is 5.75 Å². The van der Waals surface area contributed by atoms with Crippen LogP contribution in [0.2, 0.25) is 0 Å². The third-order valence-electron chi connectivity index (χ3n) is 3.45. The number of carbonyl (C=O) groups is 2. The number of nitro groups is 1. The molecule has 144 valence electrons. The van der Waals surface area contributed by atoms with Crippen molar-refractivity contribution in [2.75, 3.05) is 18.5 Å². The van der Waals surface area contributed by atoms with Gasteiger partial charge in [0.1, 0.15) is 4.88 Å². The van der Waals surface area contributed by atoms with Crippen LogP contribution in [0.15, 0.2) is 12.1 Å². The lowest BCUT2D eigenvalue weighted by molar-refractivity contribution is -0.385. The minimum Gasteiger partial charge on any atom is -0.477 e. The molecule has 0 aliphatic carbocycles. The Balaban J connectivity index is 2.07. The second kappa shape index (κ2) is 8.58. The summed E-state index contributed by atoms with van der Waals surface area (Å²) < 4.78 is 10.3. The summed E-state index contributed by atoms with van der Waals surface area (Å²) in [6.07, 6.45) is 0. The maximum absolute atomic E-state index is 12.1. The molecule has 9 nitrogen and oxygen atoms in total. The van der Waals surface area contributed by atoms with E-state index in [9.17, 15) is 19.7 Å². The highest BCUT2D eigenvalue weighted by atomic mass is 32.1. The van der Waals surface area contributed by atoms with Crippen molar-refractivity contribution in [1.82, 2.24) is 4.98 Å². The van der Waals surface area contributed by atoms with Gasteiger partial charge >= 0.3 is 11.7 Å². The van der Waals surface area contributed by atoms with Gasteiger partial charge in [0.25, 0.3) is 5.91 Å². The first-order valence-electron chi connectivity index (χ1n) is 8.05. The number of thiazole rings is 1. The lowest BCUT2D eigenvalue weighted by atomic mass is 10.1. The first-order chi connectivity index (χ1) is 12.7. The number of carbonyl (C=O) groups excluding carboxylic acids is 2. The van der Waals surface area contributed by atoms with Crippen LogP contribution >= 0.6 is 11.3 Å². The van der Waals surface area contributed by atoms with Crippen molar-refractivity contribution < 1.29 is 24.0 Å². The SMILES string of the molecule is CCOC(=O)c1sc(NC(=O)COc2c(C)cc(C)cc2[N+](=O)[O-])nc1C. The van der Waals surface area contributed by atoms with E-state index < -0.39 is 23.4 Å². The van der Waals surface area contributed by atoms with Gasteiger partial charge in [-0.2, -0.15) is 0 Å². The second-order valence-corrected chi connectivity index (χ2v) is 6.68. The normalized spacial score (nSPS) is 10.4. The Hall–Kier alpha value is -3.01. The Bertz CT molecular complexity index is 893. The molecule has 0 aliphatic heterocycles. The van der Waals surface area contributed by atoms with Crippen LogP contribution in [-0.4, -0.2) is 35.0 Å². The molecule has 0 radical (unpaired) electrons. The molecular weight excluding hydrogens is 374 g/mol. The van der Waals surface area contributed by atoms with Crippen LogP contribution in [-0.2, 0) is 9.53 Å². The van der Waals surface area contributed by atoms with Crippen LogP contribution in [0.5, 0.6) is 5.75 Å². The second-order valence-electron chi connectivity index (χ2n) is 5.68. The number of hydrogen-bond acceptors (Lipinski definition) is 8. The van der Waals surface area contributed by atoms with Gasteiger partial charge in [-0.3, -0.25) is 20.2 Å². The van der Waals surface area contributed by atoms with E-state index in [-0.39, 0.29) is 23.2 Å². The first kappa shape index (κ1) is 20.3. The summed E-state index contributed by atoms with van der Waals surface area (Å²) in [5, 5.41) is 13.9. The molecule has 1 heterocycles. The molecule has 0 bridgehead atoms. The third-order valence-corrected chi connectivity index (χ3v) is 4.50. The number of aryl methyl sites for hydroxylation is 3. The number of nitrogens with zero attached hydrogens (tertiary/aromatic N) is 2. The Morgan fingerprint density at radius 1 is 1.30 bits per heavy atom. The predicted octanol–water partition coefficient (Wildman–Crippen LogP) is 3.17. The fourth-order valence-electron chi connectivity index (χ4n) is 2.38. The number of benzene rings is 1. The zero-order valence-electron chi connectivity index (χ0n) is 15.3. The van der Waals surface area contributed by atoms with Crippen LogP contribution in [0, 0.1) is 30.9 Å². The van der Waals surface area contributed by atoms with Crippen LogP contribution in [0.4, 0.5) is 10.8 Å². The fourth-order valence-corrected chi connectivity index (χ4v) is 3.26. The van der Waals surface area contributed by atoms with Crippen molar-refractivity contribution in [1.29, 1.82) is 0 Å². The third kappa shape index (κ3) is 5.00. The molecule has 0 unspecified atom stereocenters. The summed E-state index contributed by atoms with van der Waals surface area (Å²) in [5.74, 6) is -1.01. The first-order valence-corrected chi connectivity index (χ1v) is 8.87. The average molecular weight is 393 g/mol. The molecule has 0 atom stereocenters. The van der Waals surface area contributed by atoms with Crippen molar-refractivity contribution in [3.8, 4) is 5.75 Å². The zero-order chi connectivity index (χ0) is 20.1. The highest BCUT2D eigenvalue weighted by Gasteiger charge is 2.21. The molecule has 1 aromatic heterocycles. The quantitative estimate of drug-likeness (QED) is 0.436. The highest BCUT2D eigenvalue weighted by molar-refractivity contribution is 7.17. The smallest absolute Gasteiger partial charge is 0.350 e. The molecule has 1 N–H and O–H groups in total. The summed E-state index contributed by atoms with van der Waals surface area (Å²) in [5.41, 5.74) is 1.53. The Morgan fingerprint density at radius 2 is 2.00 bits per heavy atom. The van der Waals surface area contributed by atoms with E-state index in [1.165, 1.54) is 6.07 Å². The molecule has 0 saturated carbocycles. The van der Waals surface area contributed by atoms with E-state index in [0.29, 0.717) is 16.1 Å². The van der Waals surface area contributed by atoms with E-state index in [1.807, 2.05) is 0 Å². The highest BCUT2D eigenvalue weighted by Crippen LogP contribution is 2.32. The Kier molecular flexibility index (Phi) is 6.45. The minimum absolute atomic E-state index is 0.0447. The summed E-state index contributed by atoms with van der Waals surface area (Å²) in [6, 6.07) is 3.12. The molecule has 1 amide bonds. The number of nitro benzene ring substituents is 1. The monoisotopic (exact) mass is 393 g/mol. The van der Waals surface area contributed by atoms with Crippen LogP contribution in [0.1, 0.15) is 33.4 Å². The molecule has 2 rings (SSSR count). The predicted molar refractivity (Wildman–Crippen MR) is 99.5 cm³/mol. The van der Waals surface area contributed by atoms with Crippen molar-refractivity contribution >= 4 is 34.0 Å². The summed E-state index contributed by atoms with van der Waals surface area (Å²) >= 11 is 0.989. The molecule has 27 heavy (non-hydrogen) atoms. The van der Waals surface area contributed by atoms with Crippen LogP contribution in [0.25, 0.3) is 0 Å². The molecule has 0 fully saturated rings. The van der Waals surface area contributed by atoms with Gasteiger partial charge < -0.3 is 9.47 Å². The van der Waals surface area contributed by atoms with E-state index in [2.05, 4.69) is 10.3 Å². The maximum atomic E-state index is 12.1. The average Bonchev–Trinajstić information content (AvgIpc) is 2.93. The van der Waals surface area contributed by atoms with Gasteiger partial charge in [-0.25, -0.2) is 9.78 Å². The number of rotatable bonds is 7. The van der Waals surface area contributed by atoms with Crippen molar-refractivity contribution in [3.05, 3.63) is 43.9 Å². The minimum atomic E-state index is -0.553. The molecule has 10 heteroatoms. The molecular formula is C17H19N3O6S. The Labute approximate surface area is 159 Å². The van der Waals surface area contributed by atoms with E-state index >= 15 is 0 Å². The largest absolute Gasteiger partial charge is 0.477 e. The van der Waals surface area contributed by atoms with E-state index in [1.54, 1.807) is 33.8 Å². The summed E-state index contributed by atoms with van der Waals surface area (Å²) in [6.45, 7) is 6.54. The van der Waals surface area contributed by atoms with Crippen LogP contribution in [0.3, 0.4) is 0 Å². The molecule has 0 saturated heterocycles. The number of amides is 1.